The summed E-state index contributed by atoms with van der Waals surface area (Å²) in [5, 5.41) is 14.6. The number of hydrogen-bond donors (Lipinski definition) is 3. The highest BCUT2D eigenvalue weighted by molar-refractivity contribution is 6.08. The summed E-state index contributed by atoms with van der Waals surface area (Å²) in [6.45, 7) is 2.28. The van der Waals surface area contributed by atoms with Crippen LogP contribution in [-0.4, -0.2) is 46.5 Å². The number of nitrogens with one attached hydrogen (secondary N) is 2. The van der Waals surface area contributed by atoms with Crippen molar-refractivity contribution in [1.29, 1.82) is 0 Å². The highest BCUT2D eigenvalue weighted by Gasteiger charge is 2.51. The smallest absolute Gasteiger partial charge is 0.322 e. The fraction of sp³-hybridized carbons (Fsp3) is 0.357. The number of benzene rings is 1. The summed E-state index contributed by atoms with van der Waals surface area (Å²) in [5.74, 6) is -0.843. The topological polar surface area (TPSA) is 98.7 Å². The molecule has 2 fully saturated rings. The number of aryl methyl sites for hydroxylation is 1. The molecule has 2 aliphatic rings. The Morgan fingerprint density at radius 3 is 2.81 bits per heavy atom. The van der Waals surface area contributed by atoms with Gasteiger partial charge in [0.1, 0.15) is 11.3 Å². The van der Waals surface area contributed by atoms with Crippen LogP contribution in [0.3, 0.4) is 0 Å². The number of carbonyl (C=O) groups is 3. The Kier molecular flexibility index (Phi) is 2.86. The lowest BCUT2D eigenvalue weighted by Gasteiger charge is -2.21. The number of phenolic OH excluding ortho intramolecular Hbond substituents is 1. The minimum absolute atomic E-state index is 0.0912. The largest absolute Gasteiger partial charge is 0.507 e. The fourth-order valence-corrected chi connectivity index (χ4v) is 2.79. The molecule has 110 valence electrons. The van der Waals surface area contributed by atoms with Crippen LogP contribution in [0.4, 0.5) is 4.79 Å². The zero-order chi connectivity index (χ0) is 15.2. The molecule has 0 saturated carbocycles. The summed E-state index contributed by atoms with van der Waals surface area (Å²) in [6.07, 6.45) is 0.364. The van der Waals surface area contributed by atoms with Gasteiger partial charge in [-0.25, -0.2) is 4.79 Å². The van der Waals surface area contributed by atoms with Crippen molar-refractivity contribution in [3.05, 3.63) is 29.3 Å². The lowest BCUT2D eigenvalue weighted by molar-refractivity contribution is -0.123. The molecule has 0 bridgehead atoms. The highest BCUT2D eigenvalue weighted by Crippen LogP contribution is 2.28. The van der Waals surface area contributed by atoms with Crippen LogP contribution in [0, 0.1) is 6.92 Å². The minimum atomic E-state index is -1.04. The summed E-state index contributed by atoms with van der Waals surface area (Å²) < 4.78 is 0. The molecular formula is C14H15N3O4. The van der Waals surface area contributed by atoms with E-state index in [9.17, 15) is 19.5 Å². The van der Waals surface area contributed by atoms with E-state index in [4.69, 9.17) is 0 Å². The van der Waals surface area contributed by atoms with Crippen molar-refractivity contribution in [3.63, 3.8) is 0 Å². The van der Waals surface area contributed by atoms with Gasteiger partial charge < -0.3 is 15.3 Å². The van der Waals surface area contributed by atoms with Gasteiger partial charge in [-0.05, 0) is 25.5 Å². The van der Waals surface area contributed by atoms with Crippen molar-refractivity contribution >= 4 is 17.8 Å². The number of rotatable bonds is 1. The van der Waals surface area contributed by atoms with E-state index in [-0.39, 0.29) is 23.8 Å². The van der Waals surface area contributed by atoms with E-state index in [0.717, 1.165) is 5.56 Å². The summed E-state index contributed by atoms with van der Waals surface area (Å²) in [6, 6.07) is 4.25. The first kappa shape index (κ1) is 13.4. The second kappa shape index (κ2) is 4.47. The summed E-state index contributed by atoms with van der Waals surface area (Å²) in [5.41, 5.74) is 0.0281. The third-order valence-corrected chi connectivity index (χ3v) is 3.95. The van der Waals surface area contributed by atoms with Gasteiger partial charge in [0.05, 0.1) is 12.1 Å². The molecular weight excluding hydrogens is 274 g/mol. The lowest BCUT2D eigenvalue weighted by atomic mass is 9.99. The van der Waals surface area contributed by atoms with Gasteiger partial charge in [0.15, 0.2) is 0 Å². The maximum Gasteiger partial charge on any atom is 0.322 e. The molecule has 7 heteroatoms. The maximum atomic E-state index is 12.5. The Bertz CT molecular complexity index is 658. The number of hydrogen-bond acceptors (Lipinski definition) is 4. The highest BCUT2D eigenvalue weighted by atomic mass is 16.3. The molecule has 3 rings (SSSR count). The monoisotopic (exact) mass is 289 g/mol. The van der Waals surface area contributed by atoms with Crippen molar-refractivity contribution in [3.8, 4) is 5.75 Å². The second-order valence-corrected chi connectivity index (χ2v) is 5.49. The van der Waals surface area contributed by atoms with Gasteiger partial charge in [0.25, 0.3) is 11.8 Å². The first-order valence-corrected chi connectivity index (χ1v) is 6.64. The van der Waals surface area contributed by atoms with E-state index >= 15 is 0 Å². The predicted octanol–water partition coefficient (Wildman–Crippen LogP) is 0.125. The van der Waals surface area contributed by atoms with Crippen LogP contribution in [0.2, 0.25) is 0 Å². The third-order valence-electron chi connectivity index (χ3n) is 3.95. The lowest BCUT2D eigenvalue weighted by Crippen LogP contribution is -2.49. The molecule has 0 aliphatic carbocycles. The van der Waals surface area contributed by atoms with Crippen LogP contribution in [0.25, 0.3) is 0 Å². The Labute approximate surface area is 120 Å². The number of nitrogens with zero attached hydrogens (tertiary/aromatic N) is 1. The fourth-order valence-electron chi connectivity index (χ4n) is 2.79. The van der Waals surface area contributed by atoms with Crippen molar-refractivity contribution in [2.75, 3.05) is 13.1 Å². The van der Waals surface area contributed by atoms with Gasteiger partial charge in [-0.2, -0.15) is 0 Å². The summed E-state index contributed by atoms with van der Waals surface area (Å²) in [4.78, 5) is 37.1. The molecule has 1 aromatic rings. The van der Waals surface area contributed by atoms with E-state index in [1.165, 1.54) is 11.0 Å². The van der Waals surface area contributed by atoms with Crippen molar-refractivity contribution in [2.24, 2.45) is 0 Å². The normalized spacial score (nSPS) is 24.3. The van der Waals surface area contributed by atoms with Crippen LogP contribution in [0.1, 0.15) is 22.3 Å². The van der Waals surface area contributed by atoms with Crippen LogP contribution < -0.4 is 10.6 Å². The molecule has 2 aliphatic heterocycles. The number of likely N-dealkylation sites (tertiary alicyclic amines) is 1. The van der Waals surface area contributed by atoms with E-state index in [1.807, 2.05) is 6.92 Å². The summed E-state index contributed by atoms with van der Waals surface area (Å²) in [7, 11) is 0. The van der Waals surface area contributed by atoms with Gasteiger partial charge in [0, 0.05) is 6.54 Å². The molecule has 1 spiro atoms. The molecule has 3 N–H and O–H groups in total. The zero-order valence-electron chi connectivity index (χ0n) is 11.5. The number of aromatic hydroxyl groups is 1. The predicted molar refractivity (Wildman–Crippen MR) is 72.8 cm³/mol. The third kappa shape index (κ3) is 2.10. The van der Waals surface area contributed by atoms with Gasteiger partial charge >= 0.3 is 6.03 Å². The number of amides is 4. The molecule has 1 aromatic carbocycles. The van der Waals surface area contributed by atoms with E-state index < -0.39 is 17.5 Å². The molecule has 1 atom stereocenters. The minimum Gasteiger partial charge on any atom is -0.507 e. The maximum absolute atomic E-state index is 12.5. The van der Waals surface area contributed by atoms with E-state index in [0.29, 0.717) is 13.0 Å². The molecule has 2 heterocycles. The van der Waals surface area contributed by atoms with Crippen LogP contribution in [-0.2, 0) is 4.79 Å². The van der Waals surface area contributed by atoms with Crippen molar-refractivity contribution in [1.82, 2.24) is 15.5 Å². The van der Waals surface area contributed by atoms with Gasteiger partial charge in [-0.1, -0.05) is 11.6 Å². The van der Waals surface area contributed by atoms with Crippen LogP contribution >= 0.6 is 0 Å². The average molecular weight is 289 g/mol. The number of carbonyl (C=O) groups excluding carboxylic acids is 3. The van der Waals surface area contributed by atoms with Gasteiger partial charge in [0.2, 0.25) is 0 Å². The molecule has 0 radical (unpaired) electrons. The average Bonchev–Trinajstić information content (AvgIpc) is 2.97. The quantitative estimate of drug-likeness (QED) is 0.640. The molecule has 7 nitrogen and oxygen atoms in total. The molecule has 2 saturated heterocycles. The molecule has 21 heavy (non-hydrogen) atoms. The number of imide groups is 1. The standard InChI is InChI=1S/C14H15N3O4/c1-8-2-3-10(18)9(6-8)11(19)17-5-4-14(7-17)12(20)15-13(21)16-14/h2-3,6,18H,4-5,7H2,1H3,(H2,15,16,20,21). The Morgan fingerprint density at radius 1 is 1.38 bits per heavy atom. The SMILES string of the molecule is Cc1ccc(O)c(C(=O)N2CCC3(C2)NC(=O)NC3=O)c1. The number of phenols is 1. The van der Waals surface area contributed by atoms with Crippen molar-refractivity contribution < 1.29 is 19.5 Å². The Hall–Kier alpha value is -2.57. The van der Waals surface area contributed by atoms with Gasteiger partial charge in [-0.15, -0.1) is 0 Å². The Morgan fingerprint density at radius 2 is 2.14 bits per heavy atom. The Balaban J connectivity index is 1.83. The summed E-state index contributed by atoms with van der Waals surface area (Å²) >= 11 is 0. The molecule has 1 unspecified atom stereocenters. The zero-order valence-corrected chi connectivity index (χ0v) is 11.5. The van der Waals surface area contributed by atoms with Crippen LogP contribution in [0.5, 0.6) is 5.75 Å². The number of urea groups is 1. The van der Waals surface area contributed by atoms with Gasteiger partial charge in [-0.3, -0.25) is 14.9 Å². The molecule has 4 amide bonds. The first-order valence-electron chi connectivity index (χ1n) is 6.64. The second-order valence-electron chi connectivity index (χ2n) is 5.49. The van der Waals surface area contributed by atoms with E-state index in [2.05, 4.69) is 10.6 Å². The van der Waals surface area contributed by atoms with Crippen molar-refractivity contribution in [2.45, 2.75) is 18.9 Å². The van der Waals surface area contributed by atoms with E-state index in [1.54, 1.807) is 12.1 Å². The first-order chi connectivity index (χ1) is 9.91. The van der Waals surface area contributed by atoms with Crippen LogP contribution in [0.15, 0.2) is 18.2 Å². The molecule has 0 aromatic heterocycles.